The Labute approximate surface area is 164 Å². The molecule has 1 aliphatic heterocycles. The van der Waals surface area contributed by atoms with Crippen LogP contribution in [0, 0.1) is 11.3 Å². The van der Waals surface area contributed by atoms with Crippen molar-refractivity contribution in [1.29, 1.82) is 5.26 Å². The minimum atomic E-state index is -4.55. The normalized spacial score (nSPS) is 13.4. The van der Waals surface area contributed by atoms with E-state index >= 15 is 0 Å². The average Bonchev–Trinajstić information content (AvgIpc) is 2.70. The number of fused-ring (bicyclic) bond motifs is 1. The van der Waals surface area contributed by atoms with Crippen LogP contribution in [0.15, 0.2) is 42.0 Å². The molecule has 9 heteroatoms. The van der Waals surface area contributed by atoms with Crippen LogP contribution < -0.4 is 19.5 Å². The molecule has 0 atom stereocenters. The largest absolute Gasteiger partial charge is 0.493 e. The second-order valence-corrected chi connectivity index (χ2v) is 5.95. The molecule has 6 nitrogen and oxygen atoms in total. The highest BCUT2D eigenvalue weighted by Gasteiger charge is 2.30. The summed E-state index contributed by atoms with van der Waals surface area (Å²) in [6.07, 6.45) is -3.26. The maximum atomic E-state index is 12.8. The number of ether oxygens (including phenoxy) is 3. The Balaban J connectivity index is 1.87. The molecular weight excluding hydrogens is 389 g/mol. The van der Waals surface area contributed by atoms with Gasteiger partial charge in [0, 0.05) is 5.69 Å². The van der Waals surface area contributed by atoms with Gasteiger partial charge in [-0.05, 0) is 42.0 Å². The zero-order valence-electron chi connectivity index (χ0n) is 15.2. The lowest BCUT2D eigenvalue weighted by Crippen LogP contribution is -2.16. The van der Waals surface area contributed by atoms with Crippen LogP contribution in [0.25, 0.3) is 6.08 Å². The first-order chi connectivity index (χ1) is 13.8. The zero-order valence-corrected chi connectivity index (χ0v) is 15.2. The Morgan fingerprint density at radius 2 is 2.00 bits per heavy atom. The molecule has 0 saturated heterocycles. The second-order valence-electron chi connectivity index (χ2n) is 5.95. The monoisotopic (exact) mass is 404 g/mol. The van der Waals surface area contributed by atoms with Gasteiger partial charge in [0.15, 0.2) is 11.5 Å². The molecule has 1 N–H and O–H groups in total. The lowest BCUT2D eigenvalue weighted by atomic mass is 10.1. The van der Waals surface area contributed by atoms with Crippen molar-refractivity contribution in [1.82, 2.24) is 0 Å². The van der Waals surface area contributed by atoms with Gasteiger partial charge in [0.05, 0.1) is 12.7 Å². The number of benzene rings is 2. The van der Waals surface area contributed by atoms with E-state index in [4.69, 9.17) is 14.2 Å². The van der Waals surface area contributed by atoms with Crippen molar-refractivity contribution in [3.05, 3.63) is 53.1 Å². The molecule has 0 unspecified atom stereocenters. The lowest BCUT2D eigenvalue weighted by Gasteiger charge is -2.21. The van der Waals surface area contributed by atoms with E-state index in [9.17, 15) is 23.2 Å². The van der Waals surface area contributed by atoms with Crippen LogP contribution in [0.3, 0.4) is 0 Å². The highest BCUT2D eigenvalue weighted by atomic mass is 19.4. The Hall–Kier alpha value is -3.67. The van der Waals surface area contributed by atoms with Crippen LogP contribution >= 0.6 is 0 Å². The van der Waals surface area contributed by atoms with E-state index in [0.717, 1.165) is 12.1 Å². The molecule has 1 aliphatic rings. The quantitative estimate of drug-likeness (QED) is 0.615. The molecule has 1 amide bonds. The van der Waals surface area contributed by atoms with Crippen molar-refractivity contribution < 1.29 is 32.2 Å². The third-order valence-electron chi connectivity index (χ3n) is 3.97. The van der Waals surface area contributed by atoms with Crippen LogP contribution in [0.1, 0.15) is 11.1 Å². The number of nitrogens with one attached hydrogen (secondary N) is 1. The number of hydrogen-bond donors (Lipinski definition) is 1. The molecule has 0 aliphatic carbocycles. The van der Waals surface area contributed by atoms with Gasteiger partial charge in [0.25, 0.3) is 5.91 Å². The molecule has 2 aromatic rings. The zero-order chi connectivity index (χ0) is 21.0. The summed E-state index contributed by atoms with van der Waals surface area (Å²) in [5, 5.41) is 11.6. The first-order valence-corrected chi connectivity index (χ1v) is 8.40. The van der Waals surface area contributed by atoms with Crippen LogP contribution in [-0.4, -0.2) is 26.2 Å². The molecule has 0 fully saturated rings. The summed E-state index contributed by atoms with van der Waals surface area (Å²) < 4.78 is 54.7. The third kappa shape index (κ3) is 4.60. The maximum absolute atomic E-state index is 12.8. The van der Waals surface area contributed by atoms with Gasteiger partial charge < -0.3 is 19.5 Å². The average molecular weight is 404 g/mol. The van der Waals surface area contributed by atoms with Crippen LogP contribution in [0.4, 0.5) is 18.9 Å². The number of methoxy groups -OCH3 is 1. The fourth-order valence-corrected chi connectivity index (χ4v) is 2.66. The highest BCUT2D eigenvalue weighted by Crippen LogP contribution is 2.40. The van der Waals surface area contributed by atoms with Crippen molar-refractivity contribution in [3.63, 3.8) is 0 Å². The van der Waals surface area contributed by atoms with Gasteiger partial charge in [-0.2, -0.15) is 18.4 Å². The van der Waals surface area contributed by atoms with Crippen molar-refractivity contribution in [2.75, 3.05) is 25.6 Å². The molecule has 0 aromatic heterocycles. The van der Waals surface area contributed by atoms with Gasteiger partial charge >= 0.3 is 6.18 Å². The summed E-state index contributed by atoms with van der Waals surface area (Å²) in [6, 6.07) is 9.03. The molecule has 29 heavy (non-hydrogen) atoms. The Morgan fingerprint density at radius 1 is 1.24 bits per heavy atom. The summed E-state index contributed by atoms with van der Waals surface area (Å²) in [5.41, 5.74) is -0.858. The molecule has 3 rings (SSSR count). The van der Waals surface area contributed by atoms with E-state index in [1.165, 1.54) is 25.3 Å². The van der Waals surface area contributed by atoms with Crippen LogP contribution in [0.5, 0.6) is 17.2 Å². The number of carbonyl (C=O) groups excluding carboxylic acids is 1. The molecule has 2 aromatic carbocycles. The van der Waals surface area contributed by atoms with Crippen molar-refractivity contribution in [2.45, 2.75) is 6.18 Å². The fraction of sp³-hybridized carbons (Fsp3) is 0.200. The Kier molecular flexibility index (Phi) is 5.64. The minimum Gasteiger partial charge on any atom is -0.493 e. The highest BCUT2D eigenvalue weighted by molar-refractivity contribution is 6.09. The van der Waals surface area contributed by atoms with Gasteiger partial charge in [-0.1, -0.05) is 6.07 Å². The summed E-state index contributed by atoms with van der Waals surface area (Å²) in [7, 11) is 1.44. The molecule has 0 spiro atoms. The van der Waals surface area contributed by atoms with Gasteiger partial charge in [0.2, 0.25) is 5.75 Å². The lowest BCUT2D eigenvalue weighted by molar-refractivity contribution is -0.137. The first kappa shape index (κ1) is 20.1. The van der Waals surface area contributed by atoms with E-state index in [1.54, 1.807) is 18.2 Å². The standard InChI is InChI=1S/C20H15F3N2O4/c1-27-16-8-12(9-17-18(16)29-6-5-28-17)7-13(11-24)19(26)25-15-4-2-3-14(10-15)20(21,22)23/h2-4,7-10H,5-6H2,1H3,(H,25,26)/b13-7+. The third-order valence-corrected chi connectivity index (χ3v) is 3.97. The van der Waals surface area contributed by atoms with Crippen LogP contribution in [0.2, 0.25) is 0 Å². The summed E-state index contributed by atoms with van der Waals surface area (Å²) in [6.45, 7) is 0.700. The predicted molar refractivity (Wildman–Crippen MR) is 97.6 cm³/mol. The van der Waals surface area contributed by atoms with E-state index in [0.29, 0.717) is 36.0 Å². The predicted octanol–water partition coefficient (Wildman–Crippen LogP) is 4.03. The SMILES string of the molecule is COc1cc(/C=C(\C#N)C(=O)Nc2cccc(C(F)(F)F)c2)cc2c1OCCO2. The summed E-state index contributed by atoms with van der Waals surface area (Å²) in [5.74, 6) is 0.338. The number of nitrogens with zero attached hydrogens (tertiary/aromatic N) is 1. The van der Waals surface area contributed by atoms with E-state index in [1.807, 2.05) is 0 Å². The van der Waals surface area contributed by atoms with Gasteiger partial charge in [-0.3, -0.25) is 4.79 Å². The first-order valence-electron chi connectivity index (χ1n) is 8.40. The van der Waals surface area contributed by atoms with Gasteiger partial charge in [0.1, 0.15) is 24.9 Å². The minimum absolute atomic E-state index is 0.0780. The van der Waals surface area contributed by atoms with Gasteiger partial charge in [-0.25, -0.2) is 0 Å². The number of rotatable bonds is 4. The topological polar surface area (TPSA) is 80.6 Å². The summed E-state index contributed by atoms with van der Waals surface area (Å²) >= 11 is 0. The summed E-state index contributed by atoms with van der Waals surface area (Å²) in [4.78, 5) is 12.4. The molecule has 0 saturated carbocycles. The van der Waals surface area contributed by atoms with E-state index in [-0.39, 0.29) is 11.3 Å². The van der Waals surface area contributed by atoms with E-state index < -0.39 is 17.6 Å². The number of nitriles is 1. The number of carbonyl (C=O) groups is 1. The van der Waals surface area contributed by atoms with Gasteiger partial charge in [-0.15, -0.1) is 0 Å². The molecule has 150 valence electrons. The second kappa shape index (κ2) is 8.14. The maximum Gasteiger partial charge on any atom is 0.416 e. The number of halogens is 3. The fourth-order valence-electron chi connectivity index (χ4n) is 2.66. The molecule has 1 heterocycles. The number of amides is 1. The van der Waals surface area contributed by atoms with E-state index in [2.05, 4.69) is 5.32 Å². The molecule has 0 radical (unpaired) electrons. The number of alkyl halides is 3. The Bertz CT molecular complexity index is 993. The van der Waals surface area contributed by atoms with Crippen molar-refractivity contribution in [3.8, 4) is 23.3 Å². The van der Waals surface area contributed by atoms with Crippen molar-refractivity contribution in [2.24, 2.45) is 0 Å². The van der Waals surface area contributed by atoms with Crippen LogP contribution in [-0.2, 0) is 11.0 Å². The molecule has 0 bridgehead atoms. The number of anilines is 1. The smallest absolute Gasteiger partial charge is 0.416 e. The van der Waals surface area contributed by atoms with Crippen molar-refractivity contribution >= 4 is 17.7 Å². The Morgan fingerprint density at radius 3 is 2.69 bits per heavy atom. The molecular formula is C20H15F3N2O4. The number of hydrogen-bond acceptors (Lipinski definition) is 5.